The van der Waals surface area contributed by atoms with E-state index in [-0.39, 0.29) is 0 Å². The minimum atomic E-state index is -0.866. The van der Waals surface area contributed by atoms with E-state index in [1.807, 2.05) is 6.92 Å². The normalized spacial score (nSPS) is 14.6. The van der Waals surface area contributed by atoms with Crippen molar-refractivity contribution in [2.45, 2.75) is 38.6 Å². The highest BCUT2D eigenvalue weighted by molar-refractivity contribution is 7.17. The molecule has 1 fully saturated rings. The number of aryl methyl sites for hydroxylation is 1. The Bertz CT molecular complexity index is 443. The highest BCUT2D eigenvalue weighted by Gasteiger charge is 2.32. The maximum Gasteiger partial charge on any atom is 0.347 e. The quantitative estimate of drug-likeness (QED) is 0.794. The third-order valence-corrected chi connectivity index (χ3v) is 4.26. The number of carbonyl (C=O) groups is 1. The van der Waals surface area contributed by atoms with Crippen molar-refractivity contribution < 1.29 is 14.6 Å². The first-order valence-corrected chi connectivity index (χ1v) is 7.47. The van der Waals surface area contributed by atoms with Gasteiger partial charge in [-0.2, -0.15) is 0 Å². The maximum atomic E-state index is 11.3. The summed E-state index contributed by atoms with van der Waals surface area (Å²) in [6, 6.07) is 0.512. The number of hydrogen-bond acceptors (Lipinski definition) is 5. The Morgan fingerprint density at radius 2 is 2.32 bits per heavy atom. The van der Waals surface area contributed by atoms with Gasteiger partial charge < -0.3 is 14.7 Å². The van der Waals surface area contributed by atoms with E-state index in [1.54, 1.807) is 7.11 Å². The largest absolute Gasteiger partial charge is 0.477 e. The average molecular weight is 284 g/mol. The van der Waals surface area contributed by atoms with Gasteiger partial charge in [-0.1, -0.05) is 24.7 Å². The van der Waals surface area contributed by atoms with Crippen LogP contribution in [-0.2, 0) is 11.2 Å². The van der Waals surface area contributed by atoms with Gasteiger partial charge in [-0.25, -0.2) is 9.78 Å². The number of thiazole rings is 1. The topological polar surface area (TPSA) is 62.7 Å². The number of methoxy groups -OCH3 is 1. The second-order valence-corrected chi connectivity index (χ2v) is 5.72. The van der Waals surface area contributed by atoms with Gasteiger partial charge in [-0.15, -0.1) is 0 Å². The smallest absolute Gasteiger partial charge is 0.347 e. The predicted molar refractivity (Wildman–Crippen MR) is 75.3 cm³/mol. The van der Waals surface area contributed by atoms with E-state index in [9.17, 15) is 9.90 Å². The van der Waals surface area contributed by atoms with Crippen LogP contribution in [0.1, 0.15) is 41.6 Å². The number of rotatable bonds is 8. The van der Waals surface area contributed by atoms with Crippen molar-refractivity contribution in [2.24, 2.45) is 0 Å². The lowest BCUT2D eigenvalue weighted by Gasteiger charge is -2.20. The molecule has 0 spiro atoms. The van der Waals surface area contributed by atoms with Crippen LogP contribution in [0.4, 0.5) is 5.13 Å². The molecular formula is C13H20N2O3S. The molecule has 0 radical (unpaired) electrons. The second-order valence-electron chi connectivity index (χ2n) is 4.74. The Morgan fingerprint density at radius 3 is 2.84 bits per heavy atom. The molecular weight excluding hydrogens is 264 g/mol. The van der Waals surface area contributed by atoms with E-state index in [1.165, 1.54) is 11.3 Å². The van der Waals surface area contributed by atoms with E-state index in [4.69, 9.17) is 4.74 Å². The molecule has 1 aromatic heterocycles. The molecule has 0 atom stereocenters. The standard InChI is InChI=1S/C13H20N2O3S/c1-3-4-10-11(12(16)17)19-13(14-10)15(7-8-18-2)9-5-6-9/h9H,3-8H2,1-2H3,(H,16,17). The van der Waals surface area contributed by atoms with Gasteiger partial charge in [-0.05, 0) is 19.3 Å². The number of hydrogen-bond donors (Lipinski definition) is 1. The van der Waals surface area contributed by atoms with E-state index in [2.05, 4.69) is 9.88 Å². The highest BCUT2D eigenvalue weighted by Crippen LogP contribution is 2.35. The number of anilines is 1. The SMILES string of the molecule is CCCc1nc(N(CCOC)C2CC2)sc1C(=O)O. The number of nitrogens with zero attached hydrogens (tertiary/aromatic N) is 2. The Kier molecular flexibility index (Phi) is 4.76. The molecule has 0 aromatic carbocycles. The summed E-state index contributed by atoms with van der Waals surface area (Å²) in [6.07, 6.45) is 3.95. The predicted octanol–water partition coefficient (Wildman–Crippen LogP) is 2.41. The van der Waals surface area contributed by atoms with Gasteiger partial charge in [0.1, 0.15) is 4.88 Å². The molecule has 19 heavy (non-hydrogen) atoms. The fraction of sp³-hybridized carbons (Fsp3) is 0.692. The first-order chi connectivity index (χ1) is 9.17. The Morgan fingerprint density at radius 1 is 1.58 bits per heavy atom. The molecule has 1 saturated carbocycles. The van der Waals surface area contributed by atoms with Crippen LogP contribution >= 0.6 is 11.3 Å². The van der Waals surface area contributed by atoms with Gasteiger partial charge in [0.15, 0.2) is 5.13 Å². The van der Waals surface area contributed by atoms with E-state index in [0.717, 1.165) is 43.1 Å². The lowest BCUT2D eigenvalue weighted by atomic mass is 10.2. The first kappa shape index (κ1) is 14.3. The second kappa shape index (κ2) is 6.34. The zero-order valence-electron chi connectivity index (χ0n) is 11.4. The van der Waals surface area contributed by atoms with Gasteiger partial charge in [0, 0.05) is 19.7 Å². The molecule has 1 aliphatic carbocycles. The van der Waals surface area contributed by atoms with Crippen molar-refractivity contribution in [3.63, 3.8) is 0 Å². The maximum absolute atomic E-state index is 11.3. The first-order valence-electron chi connectivity index (χ1n) is 6.66. The Labute approximate surface area is 117 Å². The van der Waals surface area contributed by atoms with E-state index in [0.29, 0.717) is 17.5 Å². The minimum absolute atomic E-state index is 0.389. The van der Waals surface area contributed by atoms with Crippen molar-refractivity contribution in [2.75, 3.05) is 25.2 Å². The third-order valence-electron chi connectivity index (χ3n) is 3.14. The zero-order chi connectivity index (χ0) is 13.8. The molecule has 6 heteroatoms. The highest BCUT2D eigenvalue weighted by atomic mass is 32.1. The number of aromatic nitrogens is 1. The molecule has 2 rings (SSSR count). The Hall–Kier alpha value is -1.14. The Balaban J connectivity index is 2.21. The molecule has 1 heterocycles. The van der Waals surface area contributed by atoms with Crippen LogP contribution < -0.4 is 4.90 Å². The van der Waals surface area contributed by atoms with Gasteiger partial charge >= 0.3 is 5.97 Å². The summed E-state index contributed by atoms with van der Waals surface area (Å²) in [7, 11) is 1.68. The lowest BCUT2D eigenvalue weighted by Crippen LogP contribution is -2.29. The van der Waals surface area contributed by atoms with Gasteiger partial charge in [-0.3, -0.25) is 0 Å². The average Bonchev–Trinajstić information content (AvgIpc) is 3.11. The molecule has 1 aliphatic rings. The van der Waals surface area contributed by atoms with E-state index < -0.39 is 5.97 Å². The van der Waals surface area contributed by atoms with Crippen LogP contribution in [0.5, 0.6) is 0 Å². The molecule has 0 unspecified atom stereocenters. The number of carboxylic acid groups (broad SMARTS) is 1. The van der Waals surface area contributed by atoms with Crippen molar-refractivity contribution in [3.05, 3.63) is 10.6 Å². The molecule has 0 amide bonds. The summed E-state index contributed by atoms with van der Waals surface area (Å²) in [6.45, 7) is 3.45. The summed E-state index contributed by atoms with van der Waals surface area (Å²) >= 11 is 1.29. The number of carboxylic acids is 1. The summed E-state index contributed by atoms with van der Waals surface area (Å²) in [5.41, 5.74) is 0.720. The van der Waals surface area contributed by atoms with E-state index >= 15 is 0 Å². The van der Waals surface area contributed by atoms with Crippen molar-refractivity contribution in [1.82, 2.24) is 4.98 Å². The van der Waals surface area contributed by atoms with Crippen LogP contribution in [0.3, 0.4) is 0 Å². The molecule has 1 N–H and O–H groups in total. The molecule has 5 nitrogen and oxygen atoms in total. The fourth-order valence-electron chi connectivity index (χ4n) is 2.05. The summed E-state index contributed by atoms with van der Waals surface area (Å²) < 4.78 is 5.12. The monoisotopic (exact) mass is 284 g/mol. The summed E-state index contributed by atoms with van der Waals surface area (Å²) in [5, 5.41) is 10.1. The summed E-state index contributed by atoms with van der Waals surface area (Å²) in [4.78, 5) is 18.4. The van der Waals surface area contributed by atoms with Crippen LogP contribution in [0.2, 0.25) is 0 Å². The summed E-state index contributed by atoms with van der Waals surface area (Å²) in [5.74, 6) is -0.866. The molecule has 0 bridgehead atoms. The van der Waals surface area contributed by atoms with Crippen molar-refractivity contribution in [3.8, 4) is 0 Å². The van der Waals surface area contributed by atoms with Gasteiger partial charge in [0.2, 0.25) is 0 Å². The third kappa shape index (κ3) is 3.45. The van der Waals surface area contributed by atoms with Crippen LogP contribution in [0.15, 0.2) is 0 Å². The molecule has 1 aromatic rings. The van der Waals surface area contributed by atoms with Gasteiger partial charge in [0.05, 0.1) is 12.3 Å². The van der Waals surface area contributed by atoms with Gasteiger partial charge in [0.25, 0.3) is 0 Å². The molecule has 0 aliphatic heterocycles. The lowest BCUT2D eigenvalue weighted by molar-refractivity contribution is 0.0700. The minimum Gasteiger partial charge on any atom is -0.477 e. The van der Waals surface area contributed by atoms with Crippen molar-refractivity contribution in [1.29, 1.82) is 0 Å². The molecule has 0 saturated heterocycles. The molecule has 106 valence electrons. The van der Waals surface area contributed by atoms with Crippen molar-refractivity contribution >= 4 is 22.4 Å². The zero-order valence-corrected chi connectivity index (χ0v) is 12.2. The van der Waals surface area contributed by atoms with Crippen LogP contribution in [0.25, 0.3) is 0 Å². The number of aromatic carboxylic acids is 1. The number of ether oxygens (including phenoxy) is 1. The van der Waals surface area contributed by atoms with Crippen LogP contribution in [0, 0.1) is 0 Å². The van der Waals surface area contributed by atoms with Crippen LogP contribution in [-0.4, -0.2) is 42.4 Å². The fourth-order valence-corrected chi connectivity index (χ4v) is 3.09.